The monoisotopic (exact) mass is 363 g/mol. The van der Waals surface area contributed by atoms with E-state index in [1.54, 1.807) is 24.3 Å². The fourth-order valence-corrected chi connectivity index (χ4v) is 2.52. The molecule has 0 aromatic heterocycles. The van der Waals surface area contributed by atoms with E-state index >= 15 is 0 Å². The maximum absolute atomic E-state index is 12.3. The molecule has 0 saturated carbocycles. The van der Waals surface area contributed by atoms with Crippen LogP contribution >= 0.6 is 12.4 Å². The van der Waals surface area contributed by atoms with Gasteiger partial charge in [0.1, 0.15) is 0 Å². The summed E-state index contributed by atoms with van der Waals surface area (Å²) in [5.74, 6) is -0.397. The van der Waals surface area contributed by atoms with E-state index in [0.717, 1.165) is 12.8 Å². The van der Waals surface area contributed by atoms with Gasteiger partial charge in [-0.15, -0.1) is 12.4 Å². The third-order valence-electron chi connectivity index (χ3n) is 3.83. The van der Waals surface area contributed by atoms with Crippen LogP contribution in [0.15, 0.2) is 24.3 Å². The van der Waals surface area contributed by atoms with Gasteiger partial charge in [0.15, 0.2) is 0 Å². The summed E-state index contributed by atoms with van der Waals surface area (Å²) in [7, 11) is -3.44. The molecule has 0 atom stereocenters. The zero-order valence-corrected chi connectivity index (χ0v) is 15.4. The van der Waals surface area contributed by atoms with E-state index < -0.39 is 15.6 Å². The van der Waals surface area contributed by atoms with Crippen LogP contribution in [0.5, 0.6) is 0 Å². The number of nitrogens with one attached hydrogen (secondary N) is 2. The molecule has 1 aromatic carbocycles. The standard InChI is InChI=1S/C15H25N3O3S.ClH/c1-4-15(16,5-2)11-17-14(19)12-9-7-8-10-13(12)18-22(20,21)6-3;/h7-10,18H,4-6,11,16H2,1-3H3,(H,17,19);1H. The van der Waals surface area contributed by atoms with Gasteiger partial charge in [-0.3, -0.25) is 9.52 Å². The number of amides is 1. The van der Waals surface area contributed by atoms with Crippen molar-refractivity contribution in [1.82, 2.24) is 5.32 Å². The van der Waals surface area contributed by atoms with Gasteiger partial charge >= 0.3 is 0 Å². The van der Waals surface area contributed by atoms with Crippen molar-refractivity contribution < 1.29 is 13.2 Å². The highest BCUT2D eigenvalue weighted by Crippen LogP contribution is 2.17. The molecule has 23 heavy (non-hydrogen) atoms. The van der Waals surface area contributed by atoms with Crippen molar-refractivity contribution in [2.24, 2.45) is 5.73 Å². The van der Waals surface area contributed by atoms with Crippen molar-refractivity contribution in [3.8, 4) is 0 Å². The lowest BCUT2D eigenvalue weighted by atomic mass is 9.94. The maximum Gasteiger partial charge on any atom is 0.253 e. The Labute approximate surface area is 144 Å². The van der Waals surface area contributed by atoms with E-state index in [9.17, 15) is 13.2 Å². The largest absolute Gasteiger partial charge is 0.350 e. The lowest BCUT2D eigenvalue weighted by Crippen LogP contribution is -2.49. The molecular weight excluding hydrogens is 338 g/mol. The third-order valence-corrected chi connectivity index (χ3v) is 5.12. The Kier molecular flexibility index (Phi) is 8.58. The van der Waals surface area contributed by atoms with E-state index in [0.29, 0.717) is 6.54 Å². The molecule has 0 radical (unpaired) electrons. The zero-order valence-electron chi connectivity index (χ0n) is 13.8. The number of carbonyl (C=O) groups is 1. The van der Waals surface area contributed by atoms with Gasteiger partial charge < -0.3 is 11.1 Å². The van der Waals surface area contributed by atoms with Crippen molar-refractivity contribution >= 4 is 34.0 Å². The first-order chi connectivity index (χ1) is 10.3. The van der Waals surface area contributed by atoms with E-state index in [4.69, 9.17) is 5.73 Å². The molecule has 0 fully saturated rings. The quantitative estimate of drug-likeness (QED) is 0.658. The normalized spacial score (nSPS) is 11.5. The van der Waals surface area contributed by atoms with E-state index in [1.807, 2.05) is 13.8 Å². The number of hydrogen-bond donors (Lipinski definition) is 3. The fraction of sp³-hybridized carbons (Fsp3) is 0.533. The number of halogens is 1. The lowest BCUT2D eigenvalue weighted by molar-refractivity contribution is 0.0943. The Morgan fingerprint density at radius 1 is 1.17 bits per heavy atom. The van der Waals surface area contributed by atoms with E-state index in [1.165, 1.54) is 6.92 Å². The highest BCUT2D eigenvalue weighted by Gasteiger charge is 2.22. The smallest absolute Gasteiger partial charge is 0.253 e. The van der Waals surface area contributed by atoms with Crippen LogP contribution < -0.4 is 15.8 Å². The molecule has 1 amide bonds. The van der Waals surface area contributed by atoms with Crippen LogP contribution in [0.4, 0.5) is 5.69 Å². The second kappa shape index (κ2) is 9.10. The first-order valence-corrected chi connectivity index (χ1v) is 9.08. The highest BCUT2D eigenvalue weighted by atomic mass is 35.5. The summed E-state index contributed by atoms with van der Waals surface area (Å²) in [6.45, 7) is 5.82. The van der Waals surface area contributed by atoms with Gasteiger partial charge in [-0.2, -0.15) is 0 Å². The summed E-state index contributed by atoms with van der Waals surface area (Å²) in [4.78, 5) is 12.3. The molecule has 0 unspecified atom stereocenters. The number of hydrogen-bond acceptors (Lipinski definition) is 4. The van der Waals surface area contributed by atoms with Crippen molar-refractivity contribution in [1.29, 1.82) is 0 Å². The Balaban J connectivity index is 0.00000484. The zero-order chi connectivity index (χ0) is 16.8. The molecule has 1 aromatic rings. The molecule has 0 aliphatic carbocycles. The number of benzene rings is 1. The average Bonchev–Trinajstić information content (AvgIpc) is 2.52. The molecule has 0 bridgehead atoms. The summed E-state index contributed by atoms with van der Waals surface area (Å²) in [5.41, 5.74) is 6.27. The van der Waals surface area contributed by atoms with Gasteiger partial charge in [0.2, 0.25) is 10.0 Å². The number of sulfonamides is 1. The van der Waals surface area contributed by atoms with Crippen LogP contribution in [0.25, 0.3) is 0 Å². The topological polar surface area (TPSA) is 101 Å². The lowest BCUT2D eigenvalue weighted by Gasteiger charge is -2.27. The second-order valence-corrected chi connectivity index (χ2v) is 7.31. The number of para-hydroxylation sites is 1. The molecule has 8 heteroatoms. The number of carbonyl (C=O) groups excluding carboxylic acids is 1. The van der Waals surface area contributed by atoms with Crippen LogP contribution in [0.2, 0.25) is 0 Å². The second-order valence-electron chi connectivity index (χ2n) is 5.30. The van der Waals surface area contributed by atoms with Gasteiger partial charge in [0.25, 0.3) is 5.91 Å². The molecule has 0 aliphatic rings. The van der Waals surface area contributed by atoms with E-state index in [2.05, 4.69) is 10.0 Å². The number of rotatable bonds is 8. The van der Waals surface area contributed by atoms with Crippen molar-refractivity contribution in [3.63, 3.8) is 0 Å². The summed E-state index contributed by atoms with van der Waals surface area (Å²) in [6, 6.07) is 6.51. The fourth-order valence-electron chi connectivity index (χ4n) is 1.86. The number of nitrogens with two attached hydrogens (primary N) is 1. The molecule has 1 rings (SSSR count). The predicted octanol–water partition coefficient (Wildman–Crippen LogP) is 2.12. The van der Waals surface area contributed by atoms with Crippen molar-refractivity contribution in [2.75, 3.05) is 17.0 Å². The molecule has 0 aliphatic heterocycles. The van der Waals surface area contributed by atoms with Gasteiger partial charge in [-0.1, -0.05) is 26.0 Å². The predicted molar refractivity (Wildman–Crippen MR) is 96.6 cm³/mol. The van der Waals surface area contributed by atoms with Gasteiger partial charge in [0.05, 0.1) is 17.0 Å². The van der Waals surface area contributed by atoms with Crippen LogP contribution in [0, 0.1) is 0 Å². The summed E-state index contributed by atoms with van der Waals surface area (Å²) in [5, 5.41) is 2.79. The molecule has 0 spiro atoms. The summed E-state index contributed by atoms with van der Waals surface area (Å²) >= 11 is 0. The molecule has 6 nitrogen and oxygen atoms in total. The van der Waals surface area contributed by atoms with Crippen LogP contribution in [-0.2, 0) is 10.0 Å². The van der Waals surface area contributed by atoms with Crippen LogP contribution in [0.3, 0.4) is 0 Å². The van der Waals surface area contributed by atoms with Crippen LogP contribution in [-0.4, -0.2) is 32.2 Å². The molecule has 4 N–H and O–H groups in total. The first kappa shape index (κ1) is 21.7. The Bertz CT molecular complexity index is 616. The molecule has 132 valence electrons. The Hall–Kier alpha value is -1.31. The van der Waals surface area contributed by atoms with Gasteiger partial charge in [0, 0.05) is 12.1 Å². The van der Waals surface area contributed by atoms with Crippen molar-refractivity contribution in [3.05, 3.63) is 29.8 Å². The van der Waals surface area contributed by atoms with Gasteiger partial charge in [-0.25, -0.2) is 8.42 Å². The minimum atomic E-state index is -3.44. The van der Waals surface area contributed by atoms with Crippen LogP contribution in [0.1, 0.15) is 44.0 Å². The van der Waals surface area contributed by atoms with Gasteiger partial charge in [-0.05, 0) is 31.9 Å². The molecular formula is C15H26ClN3O3S. The molecule has 0 saturated heterocycles. The minimum Gasteiger partial charge on any atom is -0.350 e. The minimum absolute atomic E-state index is 0. The SMILES string of the molecule is CCC(N)(CC)CNC(=O)c1ccccc1NS(=O)(=O)CC.Cl. The average molecular weight is 364 g/mol. The molecule has 0 heterocycles. The third kappa shape index (κ3) is 6.37. The highest BCUT2D eigenvalue weighted by molar-refractivity contribution is 7.92. The Morgan fingerprint density at radius 3 is 2.26 bits per heavy atom. The first-order valence-electron chi connectivity index (χ1n) is 7.43. The summed E-state index contributed by atoms with van der Waals surface area (Å²) < 4.78 is 25.8. The maximum atomic E-state index is 12.3. The summed E-state index contributed by atoms with van der Waals surface area (Å²) in [6.07, 6.45) is 1.49. The van der Waals surface area contributed by atoms with E-state index in [-0.39, 0.29) is 35.3 Å². The Morgan fingerprint density at radius 2 is 1.74 bits per heavy atom. The van der Waals surface area contributed by atoms with Crippen molar-refractivity contribution in [2.45, 2.75) is 39.2 Å². The number of anilines is 1.